The van der Waals surface area contributed by atoms with Crippen LogP contribution in [0.2, 0.25) is 0 Å². The molecule has 3 heterocycles. The highest BCUT2D eigenvalue weighted by Gasteiger charge is 2.26. The molecule has 0 aliphatic carbocycles. The van der Waals surface area contributed by atoms with Gasteiger partial charge >= 0.3 is 5.97 Å². The van der Waals surface area contributed by atoms with Gasteiger partial charge in [0.05, 0.1) is 28.3 Å². The molecule has 1 fully saturated rings. The topological polar surface area (TPSA) is 87.5 Å². The van der Waals surface area contributed by atoms with E-state index < -0.39 is 17.2 Å². The van der Waals surface area contributed by atoms with Crippen molar-refractivity contribution in [1.82, 2.24) is 14.9 Å². The molecule has 34 heavy (non-hydrogen) atoms. The summed E-state index contributed by atoms with van der Waals surface area (Å²) >= 11 is 0. The van der Waals surface area contributed by atoms with Gasteiger partial charge in [0.2, 0.25) is 5.43 Å². The summed E-state index contributed by atoms with van der Waals surface area (Å²) in [6, 6.07) is 9.19. The van der Waals surface area contributed by atoms with Gasteiger partial charge in [0.25, 0.3) is 0 Å². The Hall–Kier alpha value is -3.78. The normalized spacial score (nSPS) is 16.4. The van der Waals surface area contributed by atoms with Gasteiger partial charge in [-0.3, -0.25) is 9.78 Å². The summed E-state index contributed by atoms with van der Waals surface area (Å²) in [5.41, 5.74) is 3.80. The minimum atomic E-state index is -1.30. The molecule has 0 bridgehead atoms. The lowest BCUT2D eigenvalue weighted by Gasteiger charge is -2.36. The summed E-state index contributed by atoms with van der Waals surface area (Å²) in [5, 5.41) is 13.7. The number of aromatic carboxylic acids is 1. The number of nitrogens with one attached hydrogen (secondary N) is 1. The number of rotatable bonds is 3. The van der Waals surface area contributed by atoms with Crippen LogP contribution >= 0.6 is 0 Å². The predicted molar refractivity (Wildman–Crippen MR) is 130 cm³/mol. The lowest BCUT2D eigenvalue weighted by atomic mass is 9.99. The van der Waals surface area contributed by atoms with Crippen LogP contribution in [0.15, 0.2) is 47.5 Å². The van der Waals surface area contributed by atoms with E-state index in [9.17, 15) is 14.7 Å². The molecule has 2 N–H and O–H groups in total. The van der Waals surface area contributed by atoms with Crippen molar-refractivity contribution in [3.63, 3.8) is 0 Å². The fourth-order valence-electron chi connectivity index (χ4n) is 4.79. The highest BCUT2D eigenvalue weighted by atomic mass is 19.1. The molecule has 174 valence electrons. The molecule has 1 saturated heterocycles. The summed E-state index contributed by atoms with van der Waals surface area (Å²) in [6.45, 7) is 5.91. The van der Waals surface area contributed by atoms with Crippen LogP contribution in [0.4, 0.5) is 10.1 Å². The van der Waals surface area contributed by atoms with E-state index in [-0.39, 0.29) is 17.0 Å². The average molecular weight is 461 g/mol. The van der Waals surface area contributed by atoms with Crippen molar-refractivity contribution in [3.8, 4) is 0 Å². The number of fused-ring (bicyclic) bond motifs is 3. The smallest absolute Gasteiger partial charge is 0.341 e. The standard InChI is InChI=1S/C26H25FN4O3/c1-14-4-5-16(10-15(14)2)20-13-31(9-8-28-20)24-19(27)7-6-17-22-21(11-29-23(17)24)30(3)12-18(25(22)32)26(33)34/h4-7,10-12,20,28H,8-9,13H2,1-3H3,(H,33,34). The van der Waals surface area contributed by atoms with Gasteiger partial charge < -0.3 is 19.9 Å². The fourth-order valence-corrected chi connectivity index (χ4v) is 4.79. The molecule has 0 amide bonds. The Kier molecular flexibility index (Phi) is 5.32. The van der Waals surface area contributed by atoms with Crippen molar-refractivity contribution < 1.29 is 14.3 Å². The van der Waals surface area contributed by atoms with E-state index in [1.165, 1.54) is 35.7 Å². The number of benzene rings is 2. The first-order chi connectivity index (χ1) is 16.3. The van der Waals surface area contributed by atoms with Crippen LogP contribution in [-0.4, -0.2) is 40.3 Å². The predicted octanol–water partition coefficient (Wildman–Crippen LogP) is 3.69. The van der Waals surface area contributed by atoms with Gasteiger partial charge in [-0.2, -0.15) is 0 Å². The maximum Gasteiger partial charge on any atom is 0.341 e. The van der Waals surface area contributed by atoms with Gasteiger partial charge in [-0.1, -0.05) is 18.2 Å². The minimum absolute atomic E-state index is 0.00893. The van der Waals surface area contributed by atoms with Crippen LogP contribution < -0.4 is 15.6 Å². The third-order valence-electron chi connectivity index (χ3n) is 6.77. The summed E-state index contributed by atoms with van der Waals surface area (Å²) in [5.74, 6) is -1.72. The lowest BCUT2D eigenvalue weighted by molar-refractivity contribution is 0.0695. The van der Waals surface area contributed by atoms with E-state index in [1.807, 2.05) is 4.90 Å². The van der Waals surface area contributed by atoms with Gasteiger partial charge in [-0.05, 0) is 42.7 Å². The van der Waals surface area contributed by atoms with Crippen LogP contribution in [0.25, 0.3) is 21.8 Å². The third kappa shape index (κ3) is 3.51. The van der Waals surface area contributed by atoms with Crippen molar-refractivity contribution in [2.45, 2.75) is 19.9 Å². The number of nitrogens with zero attached hydrogens (tertiary/aromatic N) is 3. The first-order valence-corrected chi connectivity index (χ1v) is 11.2. The zero-order chi connectivity index (χ0) is 24.1. The number of carbonyl (C=O) groups is 1. The third-order valence-corrected chi connectivity index (χ3v) is 6.77. The molecule has 7 nitrogen and oxygen atoms in total. The highest BCUT2D eigenvalue weighted by molar-refractivity contribution is 6.09. The van der Waals surface area contributed by atoms with Crippen LogP contribution in [0.1, 0.15) is 33.1 Å². The summed E-state index contributed by atoms with van der Waals surface area (Å²) in [4.78, 5) is 31.2. The van der Waals surface area contributed by atoms with Crippen molar-refractivity contribution in [1.29, 1.82) is 0 Å². The number of halogens is 1. The van der Waals surface area contributed by atoms with Gasteiger partial charge in [0.15, 0.2) is 0 Å². The number of hydrogen-bond donors (Lipinski definition) is 2. The van der Waals surface area contributed by atoms with E-state index in [0.29, 0.717) is 41.7 Å². The van der Waals surface area contributed by atoms with Crippen molar-refractivity contribution >= 4 is 33.5 Å². The Bertz CT molecular complexity index is 1530. The summed E-state index contributed by atoms with van der Waals surface area (Å²) in [7, 11) is 1.66. The minimum Gasteiger partial charge on any atom is -0.477 e. The number of carboxylic acid groups (broad SMARTS) is 1. The lowest BCUT2D eigenvalue weighted by Crippen LogP contribution is -2.46. The molecule has 1 aliphatic rings. The number of carboxylic acids is 1. The SMILES string of the molecule is Cc1ccc(C2CN(c3c(F)ccc4c3ncc3c4c(=O)c(C(=O)O)cn3C)CCN2)cc1C. The first-order valence-electron chi connectivity index (χ1n) is 11.2. The van der Waals surface area contributed by atoms with Gasteiger partial charge in [-0.15, -0.1) is 0 Å². The van der Waals surface area contributed by atoms with Gasteiger partial charge in [0.1, 0.15) is 11.4 Å². The van der Waals surface area contributed by atoms with E-state index in [1.54, 1.807) is 11.6 Å². The van der Waals surface area contributed by atoms with E-state index in [2.05, 4.69) is 42.3 Å². The summed E-state index contributed by atoms with van der Waals surface area (Å²) < 4.78 is 16.8. The van der Waals surface area contributed by atoms with Crippen LogP contribution in [0.3, 0.4) is 0 Å². The second kappa shape index (κ2) is 8.22. The molecular weight excluding hydrogens is 435 g/mol. The van der Waals surface area contributed by atoms with Gasteiger partial charge in [0, 0.05) is 44.3 Å². The van der Waals surface area contributed by atoms with E-state index in [0.717, 1.165) is 5.56 Å². The quantitative estimate of drug-likeness (QED) is 0.454. The molecule has 0 spiro atoms. The summed E-state index contributed by atoms with van der Waals surface area (Å²) in [6.07, 6.45) is 2.80. The maximum absolute atomic E-state index is 15.3. The molecule has 2 aromatic heterocycles. The second-order valence-corrected chi connectivity index (χ2v) is 8.89. The number of aromatic nitrogens is 2. The molecule has 1 unspecified atom stereocenters. The molecule has 8 heteroatoms. The van der Waals surface area contributed by atoms with Crippen LogP contribution in [0.5, 0.6) is 0 Å². The fraction of sp³-hybridized carbons (Fsp3) is 0.269. The zero-order valence-corrected chi connectivity index (χ0v) is 19.2. The van der Waals surface area contributed by atoms with Crippen molar-refractivity contribution in [2.24, 2.45) is 7.05 Å². The van der Waals surface area contributed by atoms with Crippen LogP contribution in [0, 0.1) is 19.7 Å². The monoisotopic (exact) mass is 460 g/mol. The Morgan fingerprint density at radius 1 is 1.21 bits per heavy atom. The number of aryl methyl sites for hydroxylation is 3. The first kappa shape index (κ1) is 22.0. The molecule has 0 saturated carbocycles. The Balaban J connectivity index is 1.67. The van der Waals surface area contributed by atoms with Crippen molar-refractivity contribution in [3.05, 3.63) is 81.0 Å². The molecular formula is C26H25FN4O3. The highest BCUT2D eigenvalue weighted by Crippen LogP contribution is 2.34. The number of anilines is 1. The maximum atomic E-state index is 15.3. The van der Waals surface area contributed by atoms with E-state index in [4.69, 9.17) is 0 Å². The van der Waals surface area contributed by atoms with Crippen LogP contribution in [-0.2, 0) is 7.05 Å². The van der Waals surface area contributed by atoms with E-state index >= 15 is 4.39 Å². The molecule has 1 atom stereocenters. The number of hydrogen-bond acceptors (Lipinski definition) is 5. The Labute approximate surface area is 195 Å². The molecule has 2 aromatic carbocycles. The van der Waals surface area contributed by atoms with Gasteiger partial charge in [-0.25, -0.2) is 9.18 Å². The molecule has 1 aliphatic heterocycles. The largest absolute Gasteiger partial charge is 0.477 e. The number of pyridine rings is 2. The molecule has 5 rings (SSSR count). The Morgan fingerprint density at radius 3 is 2.74 bits per heavy atom. The Morgan fingerprint density at radius 2 is 2.00 bits per heavy atom. The zero-order valence-electron chi connectivity index (χ0n) is 19.2. The average Bonchev–Trinajstić information content (AvgIpc) is 2.82. The number of piperazine rings is 1. The van der Waals surface area contributed by atoms with Crippen molar-refractivity contribution in [2.75, 3.05) is 24.5 Å². The second-order valence-electron chi connectivity index (χ2n) is 8.89. The molecule has 4 aromatic rings. The molecule has 0 radical (unpaired) electrons.